The largest absolute Gasteiger partial charge is 0.508 e. The van der Waals surface area contributed by atoms with E-state index in [1.165, 1.54) is 62.7 Å². The Labute approximate surface area is 766 Å². The molecule has 3 aliphatic heterocycles. The van der Waals surface area contributed by atoms with E-state index in [4.69, 9.17) is 17.2 Å². The summed E-state index contributed by atoms with van der Waals surface area (Å²) >= 11 is 0.816. The molecule has 3 aromatic carbocycles. The smallest absolute Gasteiger partial charge is 0.303 e. The molecule has 15 amide bonds. The minimum atomic E-state index is -1.85. The molecule has 3 fully saturated rings. The lowest BCUT2D eigenvalue weighted by atomic mass is 10.0. The van der Waals surface area contributed by atoms with Gasteiger partial charge in [-0.25, -0.2) is 4.98 Å². The number of rotatable bonds is 25. The summed E-state index contributed by atoms with van der Waals surface area (Å²) in [5, 5.41) is 80.6. The maximum atomic E-state index is 15.7. The highest BCUT2D eigenvalue weighted by molar-refractivity contribution is 8.00. The number of nitrogens with zero attached hydrogens (tertiary/aromatic N) is 6. The monoisotopic (exact) mass is 1860 g/mol. The van der Waals surface area contributed by atoms with Crippen LogP contribution in [-0.4, -0.2) is 333 Å². The van der Waals surface area contributed by atoms with Crippen molar-refractivity contribution in [3.63, 3.8) is 0 Å². The normalized spacial score (nSPS) is 25.4. The number of aromatic amines is 3. The Morgan fingerprint density at radius 1 is 0.591 bits per heavy atom. The number of nitrogens with two attached hydrogens (primary N) is 3. The molecular weight excluding hydrogens is 1730 g/mol. The van der Waals surface area contributed by atoms with Crippen LogP contribution in [0.5, 0.6) is 5.75 Å². The third kappa shape index (κ3) is 28.7. The summed E-state index contributed by atoms with van der Waals surface area (Å²) < 4.78 is 0. The van der Waals surface area contributed by atoms with E-state index in [2.05, 4.69) is 73.1 Å². The summed E-state index contributed by atoms with van der Waals surface area (Å²) in [6, 6.07) is -1.28. The molecule has 0 radical (unpaired) electrons. The van der Waals surface area contributed by atoms with Gasteiger partial charge in [-0.2, -0.15) is 0 Å². The first-order chi connectivity index (χ1) is 63.0. The van der Waals surface area contributed by atoms with Crippen LogP contribution in [0.4, 0.5) is 0 Å². The number of likely N-dealkylation sites (N-methyl/N-ethyl adjacent to an activating group) is 3. The van der Waals surface area contributed by atoms with Crippen molar-refractivity contribution in [2.75, 3.05) is 72.0 Å². The number of aliphatic hydroxyl groups is 3. The maximum Gasteiger partial charge on any atom is 0.303 e. The molecular formula is C88H124N22O21S. The lowest BCUT2D eigenvalue weighted by molar-refractivity contribution is -0.145. The van der Waals surface area contributed by atoms with Crippen molar-refractivity contribution >= 4 is 128 Å². The maximum absolute atomic E-state index is 15.7. The number of benzene rings is 3. The summed E-state index contributed by atoms with van der Waals surface area (Å²) in [4.78, 5) is 253. The van der Waals surface area contributed by atoms with Crippen molar-refractivity contribution in [2.24, 2.45) is 17.2 Å². The standard InChI is InChI=1S/C88H124N22O21S/c1-7-9-16-53-42-106(4)69(21-10-8-2)82(125)98-60(29-30-89)78(121)105-68(77(120)95-41-73(91)115)45-132-46-74(116)97-64(32-49-23-25-54(112)26-24-49)85(128)107(5)48(3)76(119)102-66(37-72(90)114)88(131)109-31-15-22-70(109)83(126)101-63(35-52-40-92-47-96-52)80(123)99-61(27-28-75(117)118)87(130)110-43-55(113)36-71(110)84(127)100-62(33-50-38-93-58-19-13-11-17-56(50)58)79(122)104-67(44-111)81(124)103-65(86(129)108(53)6)34-51-39-94-59-20-14-12-18-57(51)59/h11-14,17-20,23-26,38-40,47-48,53,55,60-71,73,93-94,111-113,115H,7-10,15-16,21-22,27-37,41-46,89,91H2,1-6H3,(H2,90,114)(H,92,96)(H,95,120)(H,97,116)(H,98,125)(H,99,123)(H,100,127)(H,101,126)(H,102,119)(H,103,124)(H,104,122)(H,105,121)(H,117,118). The van der Waals surface area contributed by atoms with E-state index in [-0.39, 0.29) is 81.8 Å². The van der Waals surface area contributed by atoms with Gasteiger partial charge in [0, 0.05) is 130 Å². The first-order valence-electron chi connectivity index (χ1n) is 44.2. The Morgan fingerprint density at radius 3 is 1.75 bits per heavy atom. The van der Waals surface area contributed by atoms with Crippen LogP contribution in [0, 0.1) is 0 Å². The number of phenolic OH excluding ortho intramolecular Hbond substituents is 1. The molecule has 3 aromatic heterocycles. The van der Waals surface area contributed by atoms with Gasteiger partial charge in [-0.1, -0.05) is 88.1 Å². The van der Waals surface area contributed by atoms with Gasteiger partial charge in [0.1, 0.15) is 84.5 Å². The number of fused-ring (bicyclic) bond motifs is 4. The molecule has 718 valence electrons. The molecule has 0 aliphatic carbocycles. The summed E-state index contributed by atoms with van der Waals surface area (Å²) in [7, 11) is 4.43. The summed E-state index contributed by atoms with van der Waals surface area (Å²) in [6.45, 7) is 2.67. The fraction of sp³-hybridized carbons (Fsp3) is 0.534. The number of unbranched alkanes of at least 4 members (excludes halogenated alkanes) is 2. The molecule has 43 nitrogen and oxygen atoms in total. The minimum absolute atomic E-state index is 0.0218. The van der Waals surface area contributed by atoms with E-state index >= 15 is 33.6 Å². The Hall–Kier alpha value is -12.6. The van der Waals surface area contributed by atoms with E-state index in [0.717, 1.165) is 26.5 Å². The van der Waals surface area contributed by atoms with Gasteiger partial charge in [0.05, 0.1) is 43.8 Å². The Kier molecular flexibility index (Phi) is 38.7. The van der Waals surface area contributed by atoms with E-state index in [1.54, 1.807) is 60.7 Å². The SMILES string of the molecule is CCCCC1C(=O)NC(CCN)C(=O)NC(C(=O)NCC(N)O)CSCC(=O)NC(Cc2ccc(O)cc2)C(=O)N(C)C(C)C(=O)NC(CC(N)=O)C(=O)N2CCCC2C(=O)NC(Cc2cnc[nH]2)C(=O)NC(CCC(=O)O)C(=O)N2CC(O)CC2C(=O)NC(Cc2c[nH]c3ccccc23)C(=O)NC(CO)C(=O)NC(Cc2c[nH]c3ccccc23)C(=O)N(C)C(CCCC)CN1C. The lowest BCUT2D eigenvalue weighted by Gasteiger charge is -2.37. The molecule has 132 heavy (non-hydrogen) atoms. The topological polar surface area (TPSA) is 649 Å². The molecule has 3 saturated heterocycles. The first kappa shape index (κ1) is 103. The van der Waals surface area contributed by atoms with Crippen molar-refractivity contribution in [1.82, 2.24) is 97.6 Å². The summed E-state index contributed by atoms with van der Waals surface area (Å²) in [5.74, 6) is -16.6. The highest BCUT2D eigenvalue weighted by Crippen LogP contribution is 2.28. The highest BCUT2D eigenvalue weighted by atomic mass is 32.2. The number of primary amides is 1. The quantitative estimate of drug-likeness (QED) is 0.0245. The van der Waals surface area contributed by atoms with Crippen LogP contribution in [0.1, 0.15) is 127 Å². The molecule has 24 N–H and O–H groups in total. The fourth-order valence-corrected chi connectivity index (χ4v) is 17.3. The molecule has 0 saturated carbocycles. The van der Waals surface area contributed by atoms with Crippen molar-refractivity contribution in [3.05, 3.63) is 120 Å². The number of hydrogen-bond acceptors (Lipinski definition) is 25. The average Bonchev–Trinajstić information content (AvgIpc) is 1.67. The van der Waals surface area contributed by atoms with Crippen molar-refractivity contribution in [2.45, 2.75) is 227 Å². The molecule has 0 spiro atoms. The molecule has 9 rings (SSSR count). The Bertz CT molecular complexity index is 5020. The lowest BCUT2D eigenvalue weighted by Crippen LogP contribution is -2.61. The predicted molar refractivity (Wildman–Crippen MR) is 483 cm³/mol. The number of hydrogen-bond donors (Lipinski definition) is 21. The van der Waals surface area contributed by atoms with Crippen LogP contribution in [0.15, 0.2) is 97.7 Å². The number of aliphatic hydroxyl groups excluding tert-OH is 3. The van der Waals surface area contributed by atoms with Crippen LogP contribution in [0.25, 0.3) is 21.8 Å². The number of aromatic hydroxyl groups is 1. The van der Waals surface area contributed by atoms with Gasteiger partial charge in [0.15, 0.2) is 0 Å². The molecule has 0 bridgehead atoms. The molecule has 3 aliphatic rings. The average molecular weight is 1860 g/mol. The number of carboxylic acid groups (broad SMARTS) is 1. The first-order valence-corrected chi connectivity index (χ1v) is 45.4. The summed E-state index contributed by atoms with van der Waals surface area (Å²) in [6.07, 6.45) is 1.73. The van der Waals surface area contributed by atoms with E-state index in [0.29, 0.717) is 70.6 Å². The molecule has 16 unspecified atom stereocenters. The number of carbonyl (C=O) groups is 16. The van der Waals surface area contributed by atoms with E-state index in [9.17, 15) is 68.7 Å². The number of aliphatic carboxylic acids is 1. The van der Waals surface area contributed by atoms with Gasteiger partial charge in [-0.3, -0.25) is 81.6 Å². The second-order valence-corrected chi connectivity index (χ2v) is 34.7. The number of para-hydroxylation sites is 2. The van der Waals surface area contributed by atoms with E-state index in [1.807, 2.05) is 26.0 Å². The number of H-pyrrole nitrogens is 3. The Balaban J connectivity index is 1.08. The number of carboxylic acids is 1. The Morgan fingerprint density at radius 2 is 1.14 bits per heavy atom. The van der Waals surface area contributed by atoms with Crippen LogP contribution < -0.4 is 70.4 Å². The third-order valence-corrected chi connectivity index (χ3v) is 24.9. The second-order valence-electron chi connectivity index (χ2n) is 33.6. The van der Waals surface area contributed by atoms with Gasteiger partial charge in [0.25, 0.3) is 0 Å². The van der Waals surface area contributed by atoms with Crippen LogP contribution in [-0.2, 0) is 102 Å². The molecule has 6 heterocycles. The summed E-state index contributed by atoms with van der Waals surface area (Å²) in [5.41, 5.74) is 20.4. The fourth-order valence-electron chi connectivity index (χ4n) is 16.4. The number of carbonyl (C=O) groups excluding carboxylic acids is 15. The number of amides is 15. The molecule has 44 heteroatoms. The number of imidazole rings is 1. The predicted octanol–water partition coefficient (Wildman–Crippen LogP) is -3.76. The van der Waals surface area contributed by atoms with Gasteiger partial charge >= 0.3 is 5.97 Å². The minimum Gasteiger partial charge on any atom is -0.508 e. The zero-order valence-electron chi connectivity index (χ0n) is 74.7. The number of aromatic nitrogens is 4. The van der Waals surface area contributed by atoms with Gasteiger partial charge < -0.3 is 130 Å². The number of phenols is 1. The second kappa shape index (κ2) is 49.6. The third-order valence-electron chi connectivity index (χ3n) is 23.9. The zero-order chi connectivity index (χ0) is 96.2. The van der Waals surface area contributed by atoms with Crippen LogP contribution in [0.2, 0.25) is 0 Å². The highest BCUT2D eigenvalue weighted by Gasteiger charge is 2.46. The molecule has 16 atom stereocenters. The zero-order valence-corrected chi connectivity index (χ0v) is 75.6. The van der Waals surface area contributed by atoms with Gasteiger partial charge in [0.2, 0.25) is 88.6 Å². The van der Waals surface area contributed by atoms with Crippen molar-refractivity contribution < 1.29 is 102 Å². The number of nitrogens with one attached hydrogen (secondary N) is 13. The molecule has 6 aromatic rings. The van der Waals surface area contributed by atoms with Crippen LogP contribution >= 0.6 is 11.8 Å². The van der Waals surface area contributed by atoms with Gasteiger partial charge in [-0.05, 0) is 100.0 Å². The number of thioether (sulfide) groups is 1. The van der Waals surface area contributed by atoms with Crippen molar-refractivity contribution in [1.29, 1.82) is 0 Å². The van der Waals surface area contributed by atoms with Crippen molar-refractivity contribution in [3.8, 4) is 5.75 Å². The van der Waals surface area contributed by atoms with Gasteiger partial charge in [-0.15, -0.1) is 11.8 Å². The van der Waals surface area contributed by atoms with E-state index < -0.39 is 249 Å². The van der Waals surface area contributed by atoms with Crippen LogP contribution in [0.3, 0.4) is 0 Å².